The highest BCUT2D eigenvalue weighted by Crippen LogP contribution is 2.37. The molecular formula is C14H9F3N2O2. The van der Waals surface area contributed by atoms with E-state index < -0.39 is 17.5 Å². The largest absolute Gasteiger partial charge is 0.472 e. The van der Waals surface area contributed by atoms with Crippen molar-refractivity contribution in [3.63, 3.8) is 0 Å². The van der Waals surface area contributed by atoms with E-state index in [2.05, 4.69) is 9.97 Å². The summed E-state index contributed by atoms with van der Waals surface area (Å²) in [6.45, 7) is 1.24. The quantitative estimate of drug-likeness (QED) is 0.725. The molecule has 0 unspecified atom stereocenters. The first-order chi connectivity index (χ1) is 9.86. The number of H-pyrrole nitrogens is 1. The minimum atomic E-state index is -4.56. The Bertz CT molecular complexity index is 817. The van der Waals surface area contributed by atoms with E-state index in [9.17, 15) is 18.0 Å². The molecule has 3 rings (SSSR count). The minimum Gasteiger partial charge on any atom is -0.472 e. The fourth-order valence-electron chi connectivity index (χ4n) is 2.10. The van der Waals surface area contributed by atoms with E-state index in [0.29, 0.717) is 11.1 Å². The van der Waals surface area contributed by atoms with Gasteiger partial charge in [-0.25, -0.2) is 4.98 Å². The van der Waals surface area contributed by atoms with Gasteiger partial charge in [-0.3, -0.25) is 4.79 Å². The summed E-state index contributed by atoms with van der Waals surface area (Å²) in [5.41, 5.74) is -0.137. The third-order valence-electron chi connectivity index (χ3n) is 3.09. The smallest absolute Gasteiger partial charge is 0.418 e. The zero-order valence-corrected chi connectivity index (χ0v) is 10.8. The highest BCUT2D eigenvalue weighted by molar-refractivity contribution is 5.95. The summed E-state index contributed by atoms with van der Waals surface area (Å²) in [5, 5.41) is 0. The number of hydrogen-bond donors (Lipinski definition) is 1. The highest BCUT2D eigenvalue weighted by atomic mass is 19.4. The predicted molar refractivity (Wildman–Crippen MR) is 68.8 cm³/mol. The number of rotatable bonds is 2. The summed E-state index contributed by atoms with van der Waals surface area (Å²) in [6.07, 6.45) is -1.84. The fraction of sp³-hybridized carbons (Fsp3) is 0.143. The van der Waals surface area contributed by atoms with E-state index in [1.807, 2.05) is 0 Å². The number of hydrogen-bond acceptors (Lipinski definition) is 3. The second-order valence-electron chi connectivity index (χ2n) is 4.57. The molecule has 0 aliphatic carbocycles. The van der Waals surface area contributed by atoms with Crippen molar-refractivity contribution in [2.75, 3.05) is 0 Å². The van der Waals surface area contributed by atoms with Crippen molar-refractivity contribution in [3.05, 3.63) is 42.1 Å². The number of fused-ring (bicyclic) bond motifs is 1. The van der Waals surface area contributed by atoms with Gasteiger partial charge in [0.1, 0.15) is 0 Å². The second-order valence-corrected chi connectivity index (χ2v) is 4.57. The SMILES string of the molecule is CC(=O)c1nc2cc(-c3ccoc3)cc(C(F)(F)F)c2[nH]1. The molecule has 0 saturated carbocycles. The maximum absolute atomic E-state index is 13.2. The van der Waals surface area contributed by atoms with Gasteiger partial charge in [0.2, 0.25) is 0 Å². The van der Waals surface area contributed by atoms with Gasteiger partial charge < -0.3 is 9.40 Å². The third kappa shape index (κ3) is 2.31. The fourth-order valence-corrected chi connectivity index (χ4v) is 2.10. The molecule has 21 heavy (non-hydrogen) atoms. The van der Waals surface area contributed by atoms with Crippen molar-refractivity contribution in [2.45, 2.75) is 13.1 Å². The summed E-state index contributed by atoms with van der Waals surface area (Å²) in [7, 11) is 0. The molecule has 0 aliphatic heterocycles. The van der Waals surface area contributed by atoms with E-state index in [0.717, 1.165) is 6.07 Å². The van der Waals surface area contributed by atoms with Crippen molar-refractivity contribution in [2.24, 2.45) is 0 Å². The average molecular weight is 294 g/mol. The van der Waals surface area contributed by atoms with Gasteiger partial charge in [0.05, 0.1) is 29.1 Å². The Kier molecular flexibility index (Phi) is 2.86. The number of ketones is 1. The van der Waals surface area contributed by atoms with Gasteiger partial charge in [0.25, 0.3) is 0 Å². The molecule has 2 heterocycles. The maximum Gasteiger partial charge on any atom is 0.418 e. The Labute approximate surface area is 116 Å². The number of alkyl halides is 3. The Morgan fingerprint density at radius 1 is 1.29 bits per heavy atom. The molecule has 4 nitrogen and oxygen atoms in total. The number of halogens is 3. The lowest BCUT2D eigenvalue weighted by molar-refractivity contribution is -0.136. The van der Waals surface area contributed by atoms with Gasteiger partial charge >= 0.3 is 6.18 Å². The lowest BCUT2D eigenvalue weighted by atomic mass is 10.0. The summed E-state index contributed by atoms with van der Waals surface area (Å²) in [6, 6.07) is 4.05. The second kappa shape index (κ2) is 4.47. The standard InChI is InChI=1S/C14H9F3N2O2/c1-7(20)13-18-11-5-9(8-2-3-21-6-8)4-10(12(11)19-13)14(15,16)17/h2-6H,1H3,(H,18,19). The number of imidazole rings is 1. The molecule has 7 heteroatoms. The number of Topliss-reactive ketones (excluding diaryl/α,β-unsaturated/α-hetero) is 1. The van der Waals surface area contributed by atoms with Crippen LogP contribution >= 0.6 is 0 Å². The molecule has 0 fully saturated rings. The van der Waals surface area contributed by atoms with Crippen LogP contribution in [-0.4, -0.2) is 15.8 Å². The van der Waals surface area contributed by atoms with Gasteiger partial charge in [-0.2, -0.15) is 13.2 Å². The maximum atomic E-state index is 13.2. The number of nitrogens with one attached hydrogen (secondary N) is 1. The van der Waals surface area contributed by atoms with Gasteiger partial charge in [-0.1, -0.05) is 0 Å². The lowest BCUT2D eigenvalue weighted by Gasteiger charge is -2.09. The molecule has 1 aromatic carbocycles. The van der Waals surface area contributed by atoms with Crippen molar-refractivity contribution in [1.29, 1.82) is 0 Å². The molecule has 0 saturated heterocycles. The van der Waals surface area contributed by atoms with Crippen LogP contribution in [0.4, 0.5) is 13.2 Å². The molecule has 0 amide bonds. The Morgan fingerprint density at radius 3 is 2.62 bits per heavy atom. The molecular weight excluding hydrogens is 285 g/mol. The zero-order valence-electron chi connectivity index (χ0n) is 10.8. The molecule has 0 atom stereocenters. The van der Waals surface area contributed by atoms with Crippen LogP contribution in [0.5, 0.6) is 0 Å². The van der Waals surface area contributed by atoms with Crippen LogP contribution in [0.1, 0.15) is 23.1 Å². The molecule has 0 aliphatic rings. The summed E-state index contributed by atoms with van der Waals surface area (Å²) in [4.78, 5) is 17.7. The number of benzene rings is 1. The molecule has 2 aromatic heterocycles. The number of aromatic amines is 1. The summed E-state index contributed by atoms with van der Waals surface area (Å²) >= 11 is 0. The van der Waals surface area contributed by atoms with Crippen LogP contribution in [0.3, 0.4) is 0 Å². The first-order valence-corrected chi connectivity index (χ1v) is 6.01. The Morgan fingerprint density at radius 2 is 2.05 bits per heavy atom. The van der Waals surface area contributed by atoms with E-state index in [4.69, 9.17) is 4.42 Å². The topological polar surface area (TPSA) is 58.9 Å². The van der Waals surface area contributed by atoms with Gasteiger partial charge in [-0.05, 0) is 23.8 Å². The summed E-state index contributed by atoms with van der Waals surface area (Å²) < 4.78 is 44.5. The van der Waals surface area contributed by atoms with Gasteiger partial charge in [0.15, 0.2) is 11.6 Å². The number of furan rings is 1. The molecule has 0 spiro atoms. The predicted octanol–water partition coefficient (Wildman–Crippen LogP) is 4.04. The summed E-state index contributed by atoms with van der Waals surface area (Å²) in [5.74, 6) is -0.524. The van der Waals surface area contributed by atoms with Crippen LogP contribution in [0.2, 0.25) is 0 Å². The first-order valence-electron chi connectivity index (χ1n) is 6.01. The lowest BCUT2D eigenvalue weighted by Crippen LogP contribution is -2.06. The van der Waals surface area contributed by atoms with Crippen LogP contribution in [0, 0.1) is 0 Å². The van der Waals surface area contributed by atoms with Crippen molar-refractivity contribution < 1.29 is 22.4 Å². The molecule has 108 valence electrons. The van der Waals surface area contributed by atoms with Crippen LogP contribution < -0.4 is 0 Å². The van der Waals surface area contributed by atoms with Crippen molar-refractivity contribution >= 4 is 16.8 Å². The number of carbonyl (C=O) groups excluding carboxylic acids is 1. The van der Waals surface area contributed by atoms with Gasteiger partial charge in [0, 0.05) is 12.5 Å². The number of carbonyl (C=O) groups is 1. The Balaban J connectivity index is 2.32. The minimum absolute atomic E-state index is 0.0891. The molecule has 0 bridgehead atoms. The number of nitrogens with zero attached hydrogens (tertiary/aromatic N) is 1. The monoisotopic (exact) mass is 294 g/mol. The van der Waals surface area contributed by atoms with E-state index in [1.54, 1.807) is 6.07 Å². The number of aromatic nitrogens is 2. The van der Waals surface area contributed by atoms with Crippen LogP contribution in [0.15, 0.2) is 35.1 Å². The third-order valence-corrected chi connectivity index (χ3v) is 3.09. The van der Waals surface area contributed by atoms with E-state index in [1.165, 1.54) is 25.5 Å². The first kappa shape index (κ1) is 13.4. The normalized spacial score (nSPS) is 12.0. The van der Waals surface area contributed by atoms with Crippen LogP contribution in [-0.2, 0) is 6.18 Å². The molecule has 1 N–H and O–H groups in total. The zero-order chi connectivity index (χ0) is 15.2. The van der Waals surface area contributed by atoms with E-state index >= 15 is 0 Å². The van der Waals surface area contributed by atoms with Crippen LogP contribution in [0.25, 0.3) is 22.2 Å². The van der Waals surface area contributed by atoms with E-state index in [-0.39, 0.29) is 16.9 Å². The average Bonchev–Trinajstić information content (AvgIpc) is 3.05. The highest BCUT2D eigenvalue weighted by Gasteiger charge is 2.34. The molecule has 3 aromatic rings. The Hall–Kier alpha value is -2.57. The van der Waals surface area contributed by atoms with Crippen molar-refractivity contribution in [3.8, 4) is 11.1 Å². The van der Waals surface area contributed by atoms with Crippen molar-refractivity contribution in [1.82, 2.24) is 9.97 Å². The van der Waals surface area contributed by atoms with Gasteiger partial charge in [-0.15, -0.1) is 0 Å². The molecule has 0 radical (unpaired) electrons.